The summed E-state index contributed by atoms with van der Waals surface area (Å²) in [7, 11) is 1.59. The van der Waals surface area contributed by atoms with Gasteiger partial charge in [-0.15, -0.1) is 0 Å². The van der Waals surface area contributed by atoms with Gasteiger partial charge in [-0.1, -0.05) is 0 Å². The lowest BCUT2D eigenvalue weighted by Crippen LogP contribution is -2.48. The van der Waals surface area contributed by atoms with Crippen LogP contribution in [0.25, 0.3) is 0 Å². The van der Waals surface area contributed by atoms with Gasteiger partial charge in [0.2, 0.25) is 0 Å². The van der Waals surface area contributed by atoms with E-state index in [0.29, 0.717) is 5.75 Å². The fourth-order valence-corrected chi connectivity index (χ4v) is 1.48. The minimum atomic E-state index is -0.664. The minimum absolute atomic E-state index is 0.252. The third-order valence-electron chi connectivity index (χ3n) is 2.41. The van der Waals surface area contributed by atoms with Crippen LogP contribution in [-0.4, -0.2) is 37.6 Å². The highest BCUT2D eigenvalue weighted by Crippen LogP contribution is 2.16. The van der Waals surface area contributed by atoms with Crippen LogP contribution in [0.3, 0.4) is 0 Å². The Morgan fingerprint density at radius 1 is 1.05 bits per heavy atom. The third kappa shape index (κ3) is 6.65. The zero-order valence-corrected chi connectivity index (χ0v) is 12.9. The summed E-state index contributed by atoms with van der Waals surface area (Å²) >= 11 is 0. The smallest absolute Gasteiger partial charge is 0.309 e. The van der Waals surface area contributed by atoms with Gasteiger partial charge in [-0.2, -0.15) is 0 Å². The number of hydrogen-bond acceptors (Lipinski definition) is 4. The number of ether oxygens (including phenoxy) is 2. The van der Waals surface area contributed by atoms with Gasteiger partial charge in [0.15, 0.2) is 0 Å². The van der Waals surface area contributed by atoms with Gasteiger partial charge < -0.3 is 20.1 Å². The zero-order chi connectivity index (χ0) is 15.9. The number of hydrogen-bond donors (Lipinski definition) is 2. The van der Waals surface area contributed by atoms with E-state index in [1.807, 2.05) is 20.8 Å². The average molecular weight is 294 g/mol. The Balaban J connectivity index is 2.27. The van der Waals surface area contributed by atoms with Crippen molar-refractivity contribution in [1.82, 2.24) is 10.6 Å². The SMILES string of the molecule is COc1ccc(OCCNC(=O)C(=O)NC(C)(C)C)cc1. The van der Waals surface area contributed by atoms with Crippen LogP contribution in [0.2, 0.25) is 0 Å². The molecule has 0 fully saturated rings. The molecular weight excluding hydrogens is 272 g/mol. The highest BCUT2D eigenvalue weighted by atomic mass is 16.5. The van der Waals surface area contributed by atoms with Crippen LogP contribution < -0.4 is 20.1 Å². The standard InChI is InChI=1S/C15H22N2O4/c1-15(2,3)17-14(19)13(18)16-9-10-21-12-7-5-11(20-4)6-8-12/h5-8H,9-10H2,1-4H3,(H,16,18)(H,17,19). The molecule has 0 atom stereocenters. The van der Waals surface area contributed by atoms with E-state index in [0.717, 1.165) is 5.75 Å². The van der Waals surface area contributed by atoms with Gasteiger partial charge in [0.05, 0.1) is 13.7 Å². The van der Waals surface area contributed by atoms with Gasteiger partial charge in [0.1, 0.15) is 18.1 Å². The molecule has 0 saturated carbocycles. The van der Waals surface area contributed by atoms with Crippen LogP contribution in [0.15, 0.2) is 24.3 Å². The molecule has 0 bridgehead atoms. The molecule has 2 amide bonds. The maximum absolute atomic E-state index is 11.5. The van der Waals surface area contributed by atoms with Crippen LogP contribution in [-0.2, 0) is 9.59 Å². The van der Waals surface area contributed by atoms with Crippen LogP contribution in [0.4, 0.5) is 0 Å². The molecule has 6 nitrogen and oxygen atoms in total. The van der Waals surface area contributed by atoms with Crippen molar-refractivity contribution in [2.24, 2.45) is 0 Å². The van der Waals surface area contributed by atoms with E-state index in [4.69, 9.17) is 9.47 Å². The molecule has 116 valence electrons. The fourth-order valence-electron chi connectivity index (χ4n) is 1.48. The summed E-state index contributed by atoms with van der Waals surface area (Å²) in [6, 6.07) is 7.11. The van der Waals surface area contributed by atoms with E-state index in [1.165, 1.54) is 0 Å². The van der Waals surface area contributed by atoms with Crippen molar-refractivity contribution < 1.29 is 19.1 Å². The van der Waals surface area contributed by atoms with Gasteiger partial charge in [-0.05, 0) is 45.0 Å². The Kier molecular flexibility index (Phi) is 6.02. The quantitative estimate of drug-likeness (QED) is 0.630. The maximum Gasteiger partial charge on any atom is 0.309 e. The van der Waals surface area contributed by atoms with E-state index in [9.17, 15) is 9.59 Å². The topological polar surface area (TPSA) is 76.7 Å². The van der Waals surface area contributed by atoms with Gasteiger partial charge >= 0.3 is 11.8 Å². The van der Waals surface area contributed by atoms with E-state index >= 15 is 0 Å². The van der Waals surface area contributed by atoms with E-state index in [1.54, 1.807) is 31.4 Å². The second kappa shape index (κ2) is 7.52. The van der Waals surface area contributed by atoms with Crippen LogP contribution in [0.5, 0.6) is 11.5 Å². The maximum atomic E-state index is 11.5. The van der Waals surface area contributed by atoms with Crippen LogP contribution >= 0.6 is 0 Å². The molecule has 2 N–H and O–H groups in total. The molecule has 0 heterocycles. The van der Waals surface area contributed by atoms with E-state index in [-0.39, 0.29) is 13.2 Å². The lowest BCUT2D eigenvalue weighted by Gasteiger charge is -2.19. The Labute approximate surface area is 124 Å². The van der Waals surface area contributed by atoms with E-state index < -0.39 is 17.4 Å². The van der Waals surface area contributed by atoms with Gasteiger partial charge in [0, 0.05) is 5.54 Å². The Hall–Kier alpha value is -2.24. The first-order chi connectivity index (χ1) is 9.81. The number of carbonyl (C=O) groups is 2. The van der Waals surface area contributed by atoms with Gasteiger partial charge in [-0.25, -0.2) is 0 Å². The number of rotatable bonds is 5. The number of amides is 2. The molecule has 1 aromatic rings. The number of benzene rings is 1. The molecule has 0 unspecified atom stereocenters. The molecule has 1 aromatic carbocycles. The zero-order valence-electron chi connectivity index (χ0n) is 12.9. The summed E-state index contributed by atoms with van der Waals surface area (Å²) in [5.74, 6) is 0.105. The lowest BCUT2D eigenvalue weighted by atomic mass is 10.1. The summed E-state index contributed by atoms with van der Waals surface area (Å²) in [5, 5.41) is 5.08. The van der Waals surface area contributed by atoms with Crippen molar-refractivity contribution in [3.05, 3.63) is 24.3 Å². The molecule has 0 aliphatic carbocycles. The van der Waals surface area contributed by atoms with Gasteiger partial charge in [0.25, 0.3) is 0 Å². The molecule has 1 rings (SSSR count). The van der Waals surface area contributed by atoms with Crippen molar-refractivity contribution in [3.63, 3.8) is 0 Å². The molecule has 21 heavy (non-hydrogen) atoms. The molecule has 0 aliphatic rings. The summed E-state index contributed by atoms with van der Waals surface area (Å²) < 4.78 is 10.5. The van der Waals surface area contributed by atoms with Crippen molar-refractivity contribution in [3.8, 4) is 11.5 Å². The van der Waals surface area contributed by atoms with Crippen molar-refractivity contribution in [2.75, 3.05) is 20.3 Å². The summed E-state index contributed by atoms with van der Waals surface area (Å²) in [4.78, 5) is 23.0. The summed E-state index contributed by atoms with van der Waals surface area (Å²) in [5.41, 5.74) is -0.436. The summed E-state index contributed by atoms with van der Waals surface area (Å²) in [6.45, 7) is 5.96. The van der Waals surface area contributed by atoms with Crippen LogP contribution in [0.1, 0.15) is 20.8 Å². The summed E-state index contributed by atoms with van der Waals surface area (Å²) in [6.07, 6.45) is 0. The minimum Gasteiger partial charge on any atom is -0.497 e. The lowest BCUT2D eigenvalue weighted by molar-refractivity contribution is -0.140. The number of carbonyl (C=O) groups excluding carboxylic acids is 2. The van der Waals surface area contributed by atoms with Crippen molar-refractivity contribution >= 4 is 11.8 Å². The Morgan fingerprint density at radius 3 is 2.14 bits per heavy atom. The Morgan fingerprint density at radius 2 is 1.62 bits per heavy atom. The molecule has 0 radical (unpaired) electrons. The third-order valence-corrected chi connectivity index (χ3v) is 2.41. The first-order valence-electron chi connectivity index (χ1n) is 6.69. The molecular formula is C15H22N2O4. The average Bonchev–Trinajstić information content (AvgIpc) is 2.42. The molecule has 6 heteroatoms. The normalized spacial score (nSPS) is 10.7. The van der Waals surface area contributed by atoms with Crippen molar-refractivity contribution in [2.45, 2.75) is 26.3 Å². The first kappa shape index (κ1) is 16.8. The molecule has 0 saturated heterocycles. The molecule has 0 aromatic heterocycles. The molecule has 0 aliphatic heterocycles. The van der Waals surface area contributed by atoms with E-state index in [2.05, 4.69) is 10.6 Å². The predicted molar refractivity (Wildman–Crippen MR) is 79.4 cm³/mol. The number of methoxy groups -OCH3 is 1. The molecule has 0 spiro atoms. The fraction of sp³-hybridized carbons (Fsp3) is 0.467. The second-order valence-corrected chi connectivity index (χ2v) is 5.48. The predicted octanol–water partition coefficient (Wildman–Crippen LogP) is 1.10. The van der Waals surface area contributed by atoms with Crippen molar-refractivity contribution in [1.29, 1.82) is 0 Å². The highest BCUT2D eigenvalue weighted by molar-refractivity contribution is 6.35. The second-order valence-electron chi connectivity index (χ2n) is 5.48. The Bertz CT molecular complexity index is 477. The van der Waals surface area contributed by atoms with Crippen LogP contribution in [0, 0.1) is 0 Å². The number of nitrogens with one attached hydrogen (secondary N) is 2. The van der Waals surface area contributed by atoms with Gasteiger partial charge in [-0.3, -0.25) is 9.59 Å². The monoisotopic (exact) mass is 294 g/mol. The largest absolute Gasteiger partial charge is 0.497 e. The first-order valence-corrected chi connectivity index (χ1v) is 6.69. The highest BCUT2D eigenvalue weighted by Gasteiger charge is 2.19.